The number of benzene rings is 10. The van der Waals surface area contributed by atoms with Gasteiger partial charge in [0.15, 0.2) is 0 Å². The molecule has 14 rings (SSSR count). The first-order valence-electron chi connectivity index (χ1n) is 25.3. The highest BCUT2D eigenvalue weighted by molar-refractivity contribution is 5.91. The van der Waals surface area contributed by atoms with E-state index in [4.69, 9.17) is 4.74 Å². The number of hydrogen-bond acceptors (Lipinski definition) is 2. The van der Waals surface area contributed by atoms with Crippen LogP contribution in [0.15, 0.2) is 218 Å². The third-order valence-electron chi connectivity index (χ3n) is 16.4. The quantitative estimate of drug-likeness (QED) is 0.158. The first-order chi connectivity index (χ1) is 34.4. The molecule has 70 heavy (non-hydrogen) atoms. The predicted octanol–water partition coefficient (Wildman–Crippen LogP) is 18.0. The van der Waals surface area contributed by atoms with Crippen LogP contribution in [0, 0.1) is 0 Å². The fraction of sp³-hybridized carbons (Fsp3) is 0.147. The van der Waals surface area contributed by atoms with Crippen LogP contribution in [-0.4, -0.2) is 6.10 Å². The molecule has 0 aromatic heterocycles. The summed E-state index contributed by atoms with van der Waals surface area (Å²) in [5.41, 5.74) is 24.4. The van der Waals surface area contributed by atoms with Gasteiger partial charge in [-0.3, -0.25) is 0 Å². The first kappa shape index (κ1) is 41.1. The molecule has 10 aromatic rings. The Morgan fingerprint density at radius 2 is 0.957 bits per heavy atom. The van der Waals surface area contributed by atoms with E-state index in [0.717, 1.165) is 23.5 Å². The van der Waals surface area contributed by atoms with Crippen LogP contribution in [0.2, 0.25) is 0 Å². The van der Waals surface area contributed by atoms with Gasteiger partial charge in [-0.15, -0.1) is 0 Å². The number of ether oxygens (including phenoxy) is 1. The molecule has 3 aliphatic carbocycles. The van der Waals surface area contributed by atoms with Crippen molar-refractivity contribution < 1.29 is 4.74 Å². The number of hydrogen-bond donors (Lipinski definition) is 0. The molecular weight excluding hydrogens is 847 g/mol. The van der Waals surface area contributed by atoms with Crippen LogP contribution in [-0.2, 0) is 11.8 Å². The Balaban J connectivity index is 0.806. The zero-order chi connectivity index (χ0) is 46.5. The second kappa shape index (κ2) is 16.1. The molecule has 3 atom stereocenters. The van der Waals surface area contributed by atoms with Gasteiger partial charge in [0.2, 0.25) is 0 Å². The number of para-hydroxylation sites is 1. The zero-order valence-corrected chi connectivity index (χ0v) is 39.7. The highest BCUT2D eigenvalue weighted by atomic mass is 16.5. The lowest BCUT2D eigenvalue weighted by atomic mass is 9.74. The third-order valence-corrected chi connectivity index (χ3v) is 16.4. The van der Waals surface area contributed by atoms with Crippen LogP contribution in [0.5, 0.6) is 5.75 Å². The largest absolute Gasteiger partial charge is 0.489 e. The molecule has 2 heteroatoms. The molecule has 2 nitrogen and oxygen atoms in total. The number of rotatable bonds is 7. The van der Waals surface area contributed by atoms with Gasteiger partial charge in [-0.2, -0.15) is 0 Å². The van der Waals surface area contributed by atoms with E-state index in [1.165, 1.54) is 125 Å². The second-order valence-electron chi connectivity index (χ2n) is 20.7. The minimum atomic E-state index is -0.179. The fourth-order valence-electron chi connectivity index (χ4n) is 12.8. The number of anilines is 3. The lowest BCUT2D eigenvalue weighted by Gasteiger charge is -2.33. The summed E-state index contributed by atoms with van der Waals surface area (Å²) in [6, 6.07) is 81.9. The van der Waals surface area contributed by atoms with E-state index in [0.29, 0.717) is 11.8 Å². The maximum Gasteiger partial charge on any atom is 0.123 e. The zero-order valence-electron chi connectivity index (χ0n) is 39.7. The van der Waals surface area contributed by atoms with Crippen LogP contribution in [0.3, 0.4) is 0 Å². The molecule has 1 aliphatic heterocycles. The van der Waals surface area contributed by atoms with Gasteiger partial charge in [-0.05, 0) is 168 Å². The molecule has 4 aliphatic rings. The van der Waals surface area contributed by atoms with Crippen molar-refractivity contribution in [3.8, 4) is 61.4 Å². The fourth-order valence-corrected chi connectivity index (χ4v) is 12.8. The summed E-state index contributed by atoms with van der Waals surface area (Å²) in [5.74, 6) is 1.97. The Morgan fingerprint density at radius 1 is 0.414 bits per heavy atom. The molecule has 1 saturated carbocycles. The summed E-state index contributed by atoms with van der Waals surface area (Å²) in [6.07, 6.45) is 4.73. The average molecular weight is 900 g/mol. The summed E-state index contributed by atoms with van der Waals surface area (Å²) in [4.78, 5) is 2.48. The Bertz CT molecular complexity index is 3680. The van der Waals surface area contributed by atoms with Gasteiger partial charge >= 0.3 is 0 Å². The minimum Gasteiger partial charge on any atom is -0.489 e. The van der Waals surface area contributed by atoms with E-state index in [9.17, 15) is 0 Å². The third kappa shape index (κ3) is 6.68. The number of fused-ring (bicyclic) bond motifs is 10. The minimum absolute atomic E-state index is 0.179. The molecular formula is C68H53NO. The van der Waals surface area contributed by atoms with Gasteiger partial charge in [-0.1, -0.05) is 184 Å². The summed E-state index contributed by atoms with van der Waals surface area (Å²) in [6.45, 7) is 4.79. The lowest BCUT2D eigenvalue weighted by Crippen LogP contribution is -2.31. The molecule has 0 spiro atoms. The molecule has 0 amide bonds. The highest BCUT2D eigenvalue weighted by Gasteiger charge is 2.42. The molecule has 0 radical (unpaired) electrons. The average Bonchev–Trinajstić information content (AvgIpc) is 4.05. The molecule has 3 unspecified atom stereocenters. The van der Waals surface area contributed by atoms with E-state index < -0.39 is 0 Å². The van der Waals surface area contributed by atoms with E-state index in [1.54, 1.807) is 0 Å². The van der Waals surface area contributed by atoms with E-state index in [2.05, 4.69) is 237 Å². The smallest absolute Gasteiger partial charge is 0.123 e. The van der Waals surface area contributed by atoms with Crippen molar-refractivity contribution >= 4 is 27.8 Å². The van der Waals surface area contributed by atoms with Crippen molar-refractivity contribution in [3.05, 3.63) is 252 Å². The van der Waals surface area contributed by atoms with Crippen LogP contribution in [0.1, 0.15) is 78.3 Å². The van der Waals surface area contributed by atoms with Crippen molar-refractivity contribution in [2.75, 3.05) is 4.90 Å². The first-order valence-corrected chi connectivity index (χ1v) is 25.3. The predicted molar refractivity (Wildman–Crippen MR) is 291 cm³/mol. The van der Waals surface area contributed by atoms with Crippen molar-refractivity contribution in [3.63, 3.8) is 0 Å². The maximum absolute atomic E-state index is 6.64. The molecule has 0 N–H and O–H groups in total. The van der Waals surface area contributed by atoms with E-state index in [1.807, 2.05) is 0 Å². The van der Waals surface area contributed by atoms with E-state index >= 15 is 0 Å². The highest BCUT2D eigenvalue weighted by Crippen LogP contribution is 2.53. The maximum atomic E-state index is 6.64. The number of nitrogens with zero attached hydrogens (tertiary/aromatic N) is 1. The Morgan fingerprint density at radius 3 is 1.76 bits per heavy atom. The second-order valence-corrected chi connectivity index (χ2v) is 20.7. The van der Waals surface area contributed by atoms with Gasteiger partial charge in [0.25, 0.3) is 0 Å². The summed E-state index contributed by atoms with van der Waals surface area (Å²) >= 11 is 0. The summed E-state index contributed by atoms with van der Waals surface area (Å²) in [7, 11) is 0. The van der Waals surface area contributed by atoms with Gasteiger partial charge in [0.05, 0.1) is 0 Å². The Kier molecular flexibility index (Phi) is 9.43. The van der Waals surface area contributed by atoms with Crippen molar-refractivity contribution in [1.82, 2.24) is 0 Å². The molecule has 1 fully saturated rings. The van der Waals surface area contributed by atoms with Crippen LogP contribution >= 0.6 is 0 Å². The Labute approximate surface area is 411 Å². The van der Waals surface area contributed by atoms with Gasteiger partial charge in [0.1, 0.15) is 11.9 Å². The summed E-state index contributed by atoms with van der Waals surface area (Å²) < 4.78 is 6.64. The van der Waals surface area contributed by atoms with Crippen molar-refractivity contribution in [2.45, 2.75) is 62.9 Å². The molecule has 336 valence electrons. The van der Waals surface area contributed by atoms with E-state index in [-0.39, 0.29) is 11.5 Å². The molecule has 0 saturated heterocycles. The van der Waals surface area contributed by atoms with Crippen LogP contribution in [0.25, 0.3) is 66.4 Å². The van der Waals surface area contributed by atoms with Crippen molar-refractivity contribution in [1.29, 1.82) is 0 Å². The Hall–Kier alpha value is -7.94. The van der Waals surface area contributed by atoms with Gasteiger partial charge in [-0.25, -0.2) is 0 Å². The normalized spacial score (nSPS) is 17.7. The molecule has 1 heterocycles. The lowest BCUT2D eigenvalue weighted by molar-refractivity contribution is 0.138. The SMILES string of the molecule is CC1(C)c2cc(-c3ccccc3)ccc2-c2ccc(N(c3ccc(-c4ccc(C5CCCC6c7ccccc7OC56)cc4)cc3)c3ccc4c(c3)Cc3cc(-c5ccc6ccccc6c5)ccc3-4)cc21. The molecule has 0 bridgehead atoms. The van der Waals surface area contributed by atoms with Gasteiger partial charge in [0, 0.05) is 39.9 Å². The summed E-state index contributed by atoms with van der Waals surface area (Å²) in [5, 5.41) is 2.54. The monoisotopic (exact) mass is 899 g/mol. The topological polar surface area (TPSA) is 12.5 Å². The van der Waals surface area contributed by atoms with Crippen molar-refractivity contribution in [2.24, 2.45) is 0 Å². The van der Waals surface area contributed by atoms with Crippen LogP contribution < -0.4 is 9.64 Å². The standard InChI is InChI=1S/C68H53NO/c1-68(2)64-41-51(43-11-4-3-5-12-43)28-34-60(64)61-36-32-56(42-65(61)68)69(55-31-35-58-53(40-55)39-52-38-50(27-33-57(52)58)49-24-21-44-13-6-7-14-48(44)37-49)54-29-25-46(26-30-54)45-19-22-47(23-20-45)59-16-10-17-63-62-15-8-9-18-66(62)70-67(59)63/h3-9,11-15,18-38,40-42,59,63,67H,10,16-17,39H2,1-2H3. The molecule has 10 aromatic carbocycles. The van der Waals surface area contributed by atoms with Gasteiger partial charge < -0.3 is 9.64 Å². The van der Waals surface area contributed by atoms with Crippen LogP contribution in [0.4, 0.5) is 17.1 Å².